The van der Waals surface area contributed by atoms with E-state index >= 15 is 0 Å². The van der Waals surface area contributed by atoms with Crippen LogP contribution < -0.4 is 4.90 Å². The molecule has 2 aliphatic heterocycles. The van der Waals surface area contributed by atoms with Gasteiger partial charge in [0.25, 0.3) is 0 Å². The van der Waals surface area contributed by atoms with E-state index in [9.17, 15) is 0 Å². The largest absolute Gasteiger partial charge is 0.424 e. The SMILES string of the molecule is c1ccc(-c2ccc(N3CCN(Cc4nnc(C5CCOCC5)o4)CC3)nn2)cc1. The highest BCUT2D eigenvalue weighted by Gasteiger charge is 2.24. The van der Waals surface area contributed by atoms with Crippen molar-refractivity contribution in [2.24, 2.45) is 0 Å². The van der Waals surface area contributed by atoms with E-state index in [0.29, 0.717) is 18.4 Å². The summed E-state index contributed by atoms with van der Waals surface area (Å²) in [5, 5.41) is 17.4. The predicted molar refractivity (Wildman–Crippen MR) is 112 cm³/mol. The molecule has 1 aromatic carbocycles. The average Bonchev–Trinajstić information content (AvgIpc) is 3.29. The number of benzene rings is 1. The van der Waals surface area contributed by atoms with Crippen LogP contribution in [0.4, 0.5) is 5.82 Å². The summed E-state index contributed by atoms with van der Waals surface area (Å²) in [6.45, 7) is 5.91. The number of ether oxygens (including phenoxy) is 1. The first-order valence-electron chi connectivity index (χ1n) is 10.6. The molecule has 0 unspecified atom stereocenters. The third-order valence-electron chi connectivity index (χ3n) is 5.83. The van der Waals surface area contributed by atoms with Crippen LogP contribution in [0.15, 0.2) is 46.9 Å². The minimum Gasteiger partial charge on any atom is -0.424 e. The maximum absolute atomic E-state index is 5.94. The lowest BCUT2D eigenvalue weighted by Gasteiger charge is -2.34. The number of aromatic nitrogens is 4. The fourth-order valence-electron chi connectivity index (χ4n) is 4.02. The summed E-state index contributed by atoms with van der Waals surface area (Å²) in [6, 6.07) is 14.2. The maximum atomic E-state index is 5.94. The van der Waals surface area contributed by atoms with Crippen molar-refractivity contribution in [3.05, 3.63) is 54.2 Å². The fraction of sp³-hybridized carbons (Fsp3) is 0.455. The molecule has 2 saturated heterocycles. The van der Waals surface area contributed by atoms with Crippen LogP contribution in [-0.2, 0) is 11.3 Å². The zero-order chi connectivity index (χ0) is 20.2. The van der Waals surface area contributed by atoms with Crippen molar-refractivity contribution in [1.29, 1.82) is 0 Å². The van der Waals surface area contributed by atoms with Gasteiger partial charge in [0.15, 0.2) is 5.82 Å². The van der Waals surface area contributed by atoms with Crippen LogP contribution in [0, 0.1) is 0 Å². The predicted octanol–water partition coefficient (Wildman–Crippen LogP) is 2.74. The first-order chi connectivity index (χ1) is 14.8. The average molecular weight is 406 g/mol. The minimum absolute atomic E-state index is 0.342. The molecule has 3 aromatic rings. The Labute approximate surface area is 175 Å². The Bertz CT molecular complexity index is 932. The van der Waals surface area contributed by atoms with E-state index in [1.165, 1.54) is 0 Å². The standard InChI is InChI=1S/C22H26N6O2/c1-2-4-17(5-3-1)19-6-7-20(24-23-19)28-12-10-27(11-13-28)16-21-25-26-22(30-21)18-8-14-29-15-9-18/h1-7,18H,8-16H2. The number of nitrogens with zero attached hydrogens (tertiary/aromatic N) is 6. The minimum atomic E-state index is 0.342. The Morgan fingerprint density at radius 1 is 0.833 bits per heavy atom. The Balaban J connectivity index is 1.14. The van der Waals surface area contributed by atoms with Crippen LogP contribution in [0.5, 0.6) is 0 Å². The van der Waals surface area contributed by atoms with Crippen LogP contribution in [-0.4, -0.2) is 64.7 Å². The third-order valence-corrected chi connectivity index (χ3v) is 5.83. The van der Waals surface area contributed by atoms with Crippen molar-refractivity contribution >= 4 is 5.82 Å². The molecule has 30 heavy (non-hydrogen) atoms. The zero-order valence-corrected chi connectivity index (χ0v) is 17.0. The molecule has 0 saturated carbocycles. The molecular formula is C22H26N6O2. The monoisotopic (exact) mass is 406 g/mol. The van der Waals surface area contributed by atoms with Gasteiger partial charge in [0, 0.05) is 50.9 Å². The number of rotatable bonds is 5. The van der Waals surface area contributed by atoms with Gasteiger partial charge in [0.1, 0.15) is 0 Å². The normalized spacial score (nSPS) is 18.6. The molecule has 2 fully saturated rings. The van der Waals surface area contributed by atoms with Gasteiger partial charge in [-0.2, -0.15) is 0 Å². The van der Waals surface area contributed by atoms with Crippen molar-refractivity contribution < 1.29 is 9.15 Å². The smallest absolute Gasteiger partial charge is 0.230 e. The summed E-state index contributed by atoms with van der Waals surface area (Å²) in [5.41, 5.74) is 1.98. The van der Waals surface area contributed by atoms with Gasteiger partial charge in [-0.15, -0.1) is 20.4 Å². The Morgan fingerprint density at radius 2 is 1.63 bits per heavy atom. The molecule has 0 aliphatic carbocycles. The molecule has 156 valence electrons. The van der Waals surface area contributed by atoms with Gasteiger partial charge in [0.05, 0.1) is 12.2 Å². The van der Waals surface area contributed by atoms with Gasteiger partial charge >= 0.3 is 0 Å². The second kappa shape index (κ2) is 8.89. The summed E-state index contributed by atoms with van der Waals surface area (Å²) in [6.07, 6.45) is 1.93. The van der Waals surface area contributed by atoms with Crippen molar-refractivity contribution in [3.8, 4) is 11.3 Å². The first-order valence-corrected chi connectivity index (χ1v) is 10.6. The lowest BCUT2D eigenvalue weighted by atomic mass is 10.0. The molecule has 0 radical (unpaired) electrons. The summed E-state index contributed by atoms with van der Waals surface area (Å²) in [4.78, 5) is 4.63. The summed E-state index contributed by atoms with van der Waals surface area (Å²) in [7, 11) is 0. The van der Waals surface area contributed by atoms with E-state index in [1.807, 2.05) is 36.4 Å². The molecule has 0 atom stereocenters. The van der Waals surface area contributed by atoms with Crippen LogP contribution in [0.2, 0.25) is 0 Å². The number of anilines is 1. The van der Waals surface area contributed by atoms with Crippen LogP contribution >= 0.6 is 0 Å². The number of hydrogen-bond donors (Lipinski definition) is 0. The van der Waals surface area contributed by atoms with Crippen molar-refractivity contribution in [3.63, 3.8) is 0 Å². The molecule has 0 spiro atoms. The van der Waals surface area contributed by atoms with E-state index < -0.39 is 0 Å². The highest BCUT2D eigenvalue weighted by atomic mass is 16.5. The Kier molecular flexibility index (Phi) is 5.67. The van der Waals surface area contributed by atoms with Crippen molar-refractivity contribution in [2.75, 3.05) is 44.3 Å². The van der Waals surface area contributed by atoms with Gasteiger partial charge in [-0.25, -0.2) is 0 Å². The lowest BCUT2D eigenvalue weighted by Crippen LogP contribution is -2.46. The number of piperazine rings is 1. The van der Waals surface area contributed by atoms with E-state index in [-0.39, 0.29) is 0 Å². The second-order valence-corrected chi connectivity index (χ2v) is 7.83. The number of hydrogen-bond acceptors (Lipinski definition) is 8. The Hall–Kier alpha value is -2.84. The van der Waals surface area contributed by atoms with E-state index in [0.717, 1.165) is 75.2 Å². The molecule has 0 N–H and O–H groups in total. The molecular weight excluding hydrogens is 380 g/mol. The van der Waals surface area contributed by atoms with Crippen LogP contribution in [0.1, 0.15) is 30.5 Å². The van der Waals surface area contributed by atoms with Crippen LogP contribution in [0.25, 0.3) is 11.3 Å². The van der Waals surface area contributed by atoms with E-state index in [4.69, 9.17) is 9.15 Å². The van der Waals surface area contributed by atoms with Gasteiger partial charge < -0.3 is 14.1 Å². The van der Waals surface area contributed by atoms with Gasteiger partial charge in [-0.05, 0) is 25.0 Å². The second-order valence-electron chi connectivity index (χ2n) is 7.83. The highest BCUT2D eigenvalue weighted by Crippen LogP contribution is 2.26. The Morgan fingerprint density at radius 3 is 2.37 bits per heavy atom. The molecule has 2 aliphatic rings. The topological polar surface area (TPSA) is 80.4 Å². The summed E-state index contributed by atoms with van der Waals surface area (Å²) in [5.74, 6) is 2.74. The lowest BCUT2D eigenvalue weighted by molar-refractivity contribution is 0.0788. The van der Waals surface area contributed by atoms with Gasteiger partial charge in [-0.1, -0.05) is 30.3 Å². The van der Waals surface area contributed by atoms with Crippen LogP contribution in [0.3, 0.4) is 0 Å². The summed E-state index contributed by atoms with van der Waals surface area (Å²) < 4.78 is 11.3. The molecule has 2 aromatic heterocycles. The highest BCUT2D eigenvalue weighted by molar-refractivity contribution is 5.59. The van der Waals surface area contributed by atoms with E-state index in [1.54, 1.807) is 0 Å². The molecule has 5 rings (SSSR count). The zero-order valence-electron chi connectivity index (χ0n) is 17.0. The molecule has 8 nitrogen and oxygen atoms in total. The molecule has 0 bridgehead atoms. The maximum Gasteiger partial charge on any atom is 0.230 e. The molecule has 4 heterocycles. The quantitative estimate of drug-likeness (QED) is 0.640. The van der Waals surface area contributed by atoms with Gasteiger partial charge in [0.2, 0.25) is 11.8 Å². The third kappa shape index (κ3) is 4.34. The molecule has 0 amide bonds. The first kappa shape index (κ1) is 19.1. The van der Waals surface area contributed by atoms with Crippen molar-refractivity contribution in [1.82, 2.24) is 25.3 Å². The van der Waals surface area contributed by atoms with E-state index in [2.05, 4.69) is 36.3 Å². The fourth-order valence-corrected chi connectivity index (χ4v) is 4.02. The summed E-state index contributed by atoms with van der Waals surface area (Å²) >= 11 is 0. The molecule has 8 heteroatoms. The van der Waals surface area contributed by atoms with Gasteiger partial charge in [-0.3, -0.25) is 4.90 Å². The van der Waals surface area contributed by atoms with Crippen molar-refractivity contribution in [2.45, 2.75) is 25.3 Å².